The molecule has 2 aromatic heterocycles. The lowest BCUT2D eigenvalue weighted by Crippen LogP contribution is -2.33. The van der Waals surface area contributed by atoms with Crippen LogP contribution in [0.1, 0.15) is 22.9 Å². The van der Waals surface area contributed by atoms with Crippen molar-refractivity contribution >= 4 is 77.1 Å². The lowest BCUT2D eigenvalue weighted by Gasteiger charge is -2.24. The van der Waals surface area contributed by atoms with Crippen molar-refractivity contribution in [2.75, 3.05) is 0 Å². The number of nitrogens with one attached hydrogen (secondary N) is 1. The van der Waals surface area contributed by atoms with Gasteiger partial charge in [-0.1, -0.05) is 127 Å². The van der Waals surface area contributed by atoms with Crippen molar-refractivity contribution in [2.45, 2.75) is 6.17 Å². The fourth-order valence-electron chi connectivity index (χ4n) is 7.86. The van der Waals surface area contributed by atoms with E-state index in [2.05, 4.69) is 108 Å². The topological polar surface area (TPSA) is 63.0 Å². The third-order valence-corrected chi connectivity index (χ3v) is 10.3. The highest BCUT2D eigenvalue weighted by molar-refractivity contribution is 6.25. The van der Waals surface area contributed by atoms with E-state index in [1.165, 1.54) is 21.5 Å². The van der Waals surface area contributed by atoms with E-state index in [9.17, 15) is 0 Å². The quantitative estimate of drug-likeness (QED) is 0.190. The Balaban J connectivity index is 1.17. The zero-order valence-electron chi connectivity index (χ0n) is 27.9. The van der Waals surface area contributed by atoms with Crippen LogP contribution < -0.4 is 5.32 Å². The van der Waals surface area contributed by atoms with E-state index in [1.54, 1.807) is 0 Å². The Kier molecular flexibility index (Phi) is 6.25. The van der Waals surface area contributed by atoms with Crippen molar-refractivity contribution in [3.63, 3.8) is 0 Å². The molecule has 1 N–H and O–H groups in total. The Labute approximate surface area is 298 Å². The maximum Gasteiger partial charge on any atom is 0.160 e. The van der Waals surface area contributed by atoms with Gasteiger partial charge in [-0.15, -0.1) is 0 Å². The molecule has 52 heavy (non-hydrogen) atoms. The minimum Gasteiger partial charge on any atom is -0.456 e. The fraction of sp³-hybridized carbons (Fsp3) is 0.0213. The molecule has 10 aromatic rings. The number of fused-ring (bicyclic) bond motifs is 9. The lowest BCUT2D eigenvalue weighted by molar-refractivity contribution is 0.667. The van der Waals surface area contributed by atoms with Gasteiger partial charge in [0.05, 0.1) is 0 Å². The molecule has 11 rings (SSSR count). The number of para-hydroxylation sites is 2. The molecular weight excluding hydrogens is 639 g/mol. The lowest BCUT2D eigenvalue weighted by atomic mass is 9.94. The summed E-state index contributed by atoms with van der Waals surface area (Å²) in [4.78, 5) is 10.6. The second-order valence-electron chi connectivity index (χ2n) is 13.4. The number of hydrogen-bond acceptors (Lipinski definition) is 5. The SMILES string of the molecule is c1ccc(C2N=C(c3cccc4oc5ccccc5c34)N=C(c3cc(-c4ccc5ccc6ccccc6c5c4)cc4oc5ccccc5c34)N2)cc1. The monoisotopic (exact) mass is 667 g/mol. The number of amidine groups is 2. The highest BCUT2D eigenvalue weighted by atomic mass is 16.3. The fourth-order valence-corrected chi connectivity index (χ4v) is 7.86. The molecule has 5 heteroatoms. The molecule has 5 nitrogen and oxygen atoms in total. The Morgan fingerprint density at radius 3 is 1.88 bits per heavy atom. The summed E-state index contributed by atoms with van der Waals surface area (Å²) >= 11 is 0. The Hall–Kier alpha value is -6.98. The van der Waals surface area contributed by atoms with Crippen molar-refractivity contribution in [2.24, 2.45) is 9.98 Å². The molecule has 0 radical (unpaired) electrons. The molecule has 244 valence electrons. The van der Waals surface area contributed by atoms with E-state index in [1.807, 2.05) is 60.7 Å². The standard InChI is InChI=1S/C47H29N3O2/c1-2-12-30(13-3-1)45-48-46(36-17-10-20-41-43(36)34-15-6-8-18-39(34)51-41)50-47(49-45)38-26-32(27-42-44(38)35-16-7-9-19-40(35)52-42)31-24-23-29-22-21-28-11-4-5-14-33(28)37(29)25-31/h1-27,45H,(H,48,49,50). The third-order valence-electron chi connectivity index (χ3n) is 10.3. The van der Waals surface area contributed by atoms with Crippen LogP contribution in [0.15, 0.2) is 183 Å². The zero-order chi connectivity index (χ0) is 34.2. The van der Waals surface area contributed by atoms with E-state index in [-0.39, 0.29) is 6.17 Å². The number of hydrogen-bond donors (Lipinski definition) is 1. The number of benzene rings is 8. The summed E-state index contributed by atoms with van der Waals surface area (Å²) in [5.74, 6) is 1.37. The Morgan fingerprint density at radius 1 is 0.442 bits per heavy atom. The van der Waals surface area contributed by atoms with Crippen LogP contribution in [0.2, 0.25) is 0 Å². The molecule has 0 fully saturated rings. The van der Waals surface area contributed by atoms with E-state index in [0.717, 1.165) is 77.5 Å². The van der Waals surface area contributed by atoms with Gasteiger partial charge in [-0.25, -0.2) is 9.98 Å². The first-order chi connectivity index (χ1) is 25.7. The molecule has 0 amide bonds. The Bertz CT molecular complexity index is 3110. The van der Waals surface area contributed by atoms with Crippen LogP contribution in [0.5, 0.6) is 0 Å². The molecule has 0 saturated heterocycles. The smallest absolute Gasteiger partial charge is 0.160 e. The van der Waals surface area contributed by atoms with E-state index in [4.69, 9.17) is 18.8 Å². The molecule has 1 atom stereocenters. The van der Waals surface area contributed by atoms with Gasteiger partial charge in [0.2, 0.25) is 0 Å². The van der Waals surface area contributed by atoms with Gasteiger partial charge in [-0.05, 0) is 74.6 Å². The second-order valence-corrected chi connectivity index (χ2v) is 13.4. The molecule has 0 spiro atoms. The first kappa shape index (κ1) is 28.8. The van der Waals surface area contributed by atoms with Gasteiger partial charge < -0.3 is 14.2 Å². The van der Waals surface area contributed by atoms with E-state index >= 15 is 0 Å². The summed E-state index contributed by atoms with van der Waals surface area (Å²) in [5, 5.41) is 12.7. The third kappa shape index (κ3) is 4.49. The van der Waals surface area contributed by atoms with Crippen molar-refractivity contribution in [3.05, 3.63) is 180 Å². The van der Waals surface area contributed by atoms with E-state index < -0.39 is 0 Å². The summed E-state index contributed by atoms with van der Waals surface area (Å²) in [5.41, 5.74) is 8.35. The second kappa shape index (κ2) is 11.3. The van der Waals surface area contributed by atoms with Crippen molar-refractivity contribution in [1.29, 1.82) is 0 Å². The Morgan fingerprint density at radius 2 is 1.08 bits per heavy atom. The normalized spacial score (nSPS) is 14.7. The highest BCUT2D eigenvalue weighted by Crippen LogP contribution is 2.39. The van der Waals surface area contributed by atoms with Crippen molar-refractivity contribution in [3.8, 4) is 11.1 Å². The van der Waals surface area contributed by atoms with Crippen LogP contribution in [0.25, 0.3) is 76.5 Å². The minimum absolute atomic E-state index is 0.374. The number of aliphatic imine (C=N–C) groups is 2. The van der Waals surface area contributed by atoms with Gasteiger partial charge in [0.15, 0.2) is 5.84 Å². The van der Waals surface area contributed by atoms with Crippen molar-refractivity contribution in [1.82, 2.24) is 5.32 Å². The first-order valence-corrected chi connectivity index (χ1v) is 17.5. The van der Waals surface area contributed by atoms with Gasteiger partial charge in [0, 0.05) is 32.7 Å². The molecule has 1 aliphatic heterocycles. The first-order valence-electron chi connectivity index (χ1n) is 17.5. The predicted octanol–water partition coefficient (Wildman–Crippen LogP) is 12.0. The maximum absolute atomic E-state index is 6.60. The summed E-state index contributed by atoms with van der Waals surface area (Å²) in [6, 6.07) is 56.9. The average Bonchev–Trinajstić information content (AvgIpc) is 3.79. The van der Waals surface area contributed by atoms with Gasteiger partial charge in [-0.2, -0.15) is 0 Å². The summed E-state index contributed by atoms with van der Waals surface area (Å²) in [6.07, 6.45) is -0.374. The number of nitrogens with zero attached hydrogens (tertiary/aromatic N) is 2. The molecule has 8 aromatic carbocycles. The number of furan rings is 2. The van der Waals surface area contributed by atoms with Crippen LogP contribution in [-0.2, 0) is 0 Å². The van der Waals surface area contributed by atoms with Crippen LogP contribution >= 0.6 is 0 Å². The van der Waals surface area contributed by atoms with E-state index in [0.29, 0.717) is 5.84 Å². The zero-order valence-corrected chi connectivity index (χ0v) is 27.9. The van der Waals surface area contributed by atoms with Crippen LogP contribution in [0, 0.1) is 0 Å². The molecule has 1 unspecified atom stereocenters. The van der Waals surface area contributed by atoms with Gasteiger partial charge in [0.25, 0.3) is 0 Å². The number of rotatable bonds is 4. The van der Waals surface area contributed by atoms with Crippen LogP contribution in [0.3, 0.4) is 0 Å². The minimum atomic E-state index is -0.374. The average molecular weight is 668 g/mol. The van der Waals surface area contributed by atoms with Gasteiger partial charge >= 0.3 is 0 Å². The molecule has 0 saturated carbocycles. The van der Waals surface area contributed by atoms with Crippen molar-refractivity contribution < 1.29 is 8.83 Å². The van der Waals surface area contributed by atoms with Gasteiger partial charge in [0.1, 0.15) is 34.3 Å². The van der Waals surface area contributed by atoms with Crippen LogP contribution in [-0.4, -0.2) is 11.7 Å². The predicted molar refractivity (Wildman–Crippen MR) is 213 cm³/mol. The molecule has 1 aliphatic rings. The van der Waals surface area contributed by atoms with Crippen LogP contribution in [0.4, 0.5) is 0 Å². The van der Waals surface area contributed by atoms with Gasteiger partial charge in [-0.3, -0.25) is 0 Å². The molecule has 0 aliphatic carbocycles. The largest absolute Gasteiger partial charge is 0.456 e. The molecular formula is C47H29N3O2. The summed E-state index contributed by atoms with van der Waals surface area (Å²) in [6.45, 7) is 0. The summed E-state index contributed by atoms with van der Waals surface area (Å²) < 4.78 is 12.9. The highest BCUT2D eigenvalue weighted by Gasteiger charge is 2.26. The maximum atomic E-state index is 6.60. The molecule has 3 heterocycles. The summed E-state index contributed by atoms with van der Waals surface area (Å²) in [7, 11) is 0. The molecule has 0 bridgehead atoms.